The summed E-state index contributed by atoms with van der Waals surface area (Å²) in [6.07, 6.45) is 0.524. The lowest BCUT2D eigenvalue weighted by Crippen LogP contribution is -2.23. The highest BCUT2D eigenvalue weighted by molar-refractivity contribution is 6.09. The molecule has 0 heterocycles. The Bertz CT molecular complexity index is 500. The zero-order valence-corrected chi connectivity index (χ0v) is 11.2. The van der Waals surface area contributed by atoms with E-state index >= 15 is 0 Å². The van der Waals surface area contributed by atoms with Gasteiger partial charge < -0.3 is 10.6 Å². The van der Waals surface area contributed by atoms with Crippen LogP contribution in [-0.4, -0.2) is 19.3 Å². The van der Waals surface area contributed by atoms with Gasteiger partial charge in [-0.15, -0.1) is 0 Å². The number of rotatable bonds is 4. The van der Waals surface area contributed by atoms with Gasteiger partial charge >= 0.3 is 0 Å². The fourth-order valence-corrected chi connectivity index (χ4v) is 1.74. The SMILES string of the molecule is CNc1cccc(C(C)=C(C)C)c1C(=N)NC=O. The summed E-state index contributed by atoms with van der Waals surface area (Å²) in [5, 5.41) is 13.4. The smallest absolute Gasteiger partial charge is 0.212 e. The summed E-state index contributed by atoms with van der Waals surface area (Å²) in [5.74, 6) is 0.102. The Balaban J connectivity index is 3.48. The topological polar surface area (TPSA) is 65.0 Å². The lowest BCUT2D eigenvalue weighted by molar-refractivity contribution is -0.108. The molecular weight excluding hydrogens is 226 g/mol. The number of benzene rings is 1. The normalized spacial score (nSPS) is 9.56. The number of nitrogens with one attached hydrogen (secondary N) is 3. The first-order valence-electron chi connectivity index (χ1n) is 5.77. The fraction of sp³-hybridized carbons (Fsp3) is 0.286. The van der Waals surface area contributed by atoms with E-state index in [9.17, 15) is 4.79 Å². The molecule has 4 nitrogen and oxygen atoms in total. The summed E-state index contributed by atoms with van der Waals surface area (Å²) in [5.41, 5.74) is 4.79. The lowest BCUT2D eigenvalue weighted by Gasteiger charge is -2.16. The van der Waals surface area contributed by atoms with Crippen LogP contribution in [0.1, 0.15) is 31.9 Å². The molecule has 3 N–H and O–H groups in total. The number of hydrogen-bond acceptors (Lipinski definition) is 3. The van der Waals surface area contributed by atoms with Crippen molar-refractivity contribution < 1.29 is 4.79 Å². The van der Waals surface area contributed by atoms with Gasteiger partial charge in [-0.2, -0.15) is 0 Å². The van der Waals surface area contributed by atoms with Gasteiger partial charge in [-0.1, -0.05) is 17.7 Å². The standard InChI is InChI=1S/C14H19N3O/c1-9(2)10(3)11-6-5-7-12(16-4)13(11)14(15)17-8-18/h5-8,16H,1-4H3,(H2,15,17,18). The molecule has 0 saturated heterocycles. The van der Waals surface area contributed by atoms with Gasteiger partial charge in [-0.3, -0.25) is 10.2 Å². The van der Waals surface area contributed by atoms with Crippen molar-refractivity contribution in [1.82, 2.24) is 5.32 Å². The molecule has 1 aromatic carbocycles. The molecule has 0 spiro atoms. The molecule has 0 bridgehead atoms. The van der Waals surface area contributed by atoms with Gasteiger partial charge in [-0.05, 0) is 38.0 Å². The summed E-state index contributed by atoms with van der Waals surface area (Å²) in [6, 6.07) is 5.78. The number of carbonyl (C=O) groups excluding carboxylic acids is 1. The highest BCUT2D eigenvalue weighted by atomic mass is 16.1. The predicted octanol–water partition coefficient (Wildman–Crippen LogP) is 2.61. The van der Waals surface area contributed by atoms with Gasteiger partial charge in [0, 0.05) is 18.3 Å². The lowest BCUT2D eigenvalue weighted by atomic mass is 9.95. The van der Waals surface area contributed by atoms with Crippen molar-refractivity contribution in [3.05, 3.63) is 34.9 Å². The van der Waals surface area contributed by atoms with Gasteiger partial charge in [0.05, 0.1) is 0 Å². The van der Waals surface area contributed by atoms with Crippen molar-refractivity contribution >= 4 is 23.5 Å². The molecule has 0 fully saturated rings. The molecule has 4 heteroatoms. The van der Waals surface area contributed by atoms with E-state index in [1.165, 1.54) is 5.57 Å². The van der Waals surface area contributed by atoms with Crippen LogP contribution in [0.25, 0.3) is 5.57 Å². The summed E-state index contributed by atoms with van der Waals surface area (Å²) in [4.78, 5) is 10.5. The van der Waals surface area contributed by atoms with Crippen molar-refractivity contribution in [2.24, 2.45) is 0 Å². The zero-order chi connectivity index (χ0) is 13.7. The Kier molecular flexibility index (Phi) is 4.66. The summed E-state index contributed by atoms with van der Waals surface area (Å²) >= 11 is 0. The molecule has 0 aliphatic carbocycles. The Hall–Kier alpha value is -2.10. The molecule has 0 atom stereocenters. The molecule has 18 heavy (non-hydrogen) atoms. The van der Waals surface area contributed by atoms with Crippen LogP contribution in [0.5, 0.6) is 0 Å². The van der Waals surface area contributed by atoms with Gasteiger partial charge in [0.1, 0.15) is 5.84 Å². The number of allylic oxidation sites excluding steroid dienone is 2. The van der Waals surface area contributed by atoms with Crippen LogP contribution in [0.2, 0.25) is 0 Å². The highest BCUT2D eigenvalue weighted by Crippen LogP contribution is 2.27. The maximum atomic E-state index is 10.5. The second kappa shape index (κ2) is 6.00. The summed E-state index contributed by atoms with van der Waals surface area (Å²) in [6.45, 7) is 6.08. The molecule has 0 aliphatic rings. The minimum absolute atomic E-state index is 0.102. The third kappa shape index (κ3) is 2.77. The first-order valence-corrected chi connectivity index (χ1v) is 5.77. The fourth-order valence-electron chi connectivity index (χ4n) is 1.74. The van der Waals surface area contributed by atoms with Crippen LogP contribution in [0.15, 0.2) is 23.8 Å². The second-order valence-corrected chi connectivity index (χ2v) is 4.24. The Morgan fingerprint density at radius 3 is 2.44 bits per heavy atom. The molecule has 0 saturated carbocycles. The highest BCUT2D eigenvalue weighted by Gasteiger charge is 2.14. The maximum Gasteiger partial charge on any atom is 0.212 e. The molecular formula is C14H19N3O. The van der Waals surface area contributed by atoms with Crippen molar-refractivity contribution in [2.75, 3.05) is 12.4 Å². The maximum absolute atomic E-state index is 10.5. The van der Waals surface area contributed by atoms with Gasteiger partial charge in [0.2, 0.25) is 6.41 Å². The molecule has 1 rings (SSSR count). The molecule has 0 aromatic heterocycles. The van der Waals surface area contributed by atoms with E-state index in [-0.39, 0.29) is 5.84 Å². The second-order valence-electron chi connectivity index (χ2n) is 4.24. The first kappa shape index (κ1) is 14.0. The number of carbonyl (C=O) groups is 1. The summed E-state index contributed by atoms with van der Waals surface area (Å²) < 4.78 is 0. The van der Waals surface area contributed by atoms with Gasteiger partial charge in [0.15, 0.2) is 0 Å². The van der Waals surface area contributed by atoms with E-state index in [2.05, 4.69) is 10.6 Å². The van der Waals surface area contributed by atoms with Crippen molar-refractivity contribution in [2.45, 2.75) is 20.8 Å². The van der Waals surface area contributed by atoms with E-state index in [4.69, 9.17) is 5.41 Å². The van der Waals surface area contributed by atoms with Crippen LogP contribution >= 0.6 is 0 Å². The number of anilines is 1. The zero-order valence-electron chi connectivity index (χ0n) is 11.2. The quantitative estimate of drug-likeness (QED) is 0.433. The van der Waals surface area contributed by atoms with E-state index in [1.54, 1.807) is 7.05 Å². The monoisotopic (exact) mass is 245 g/mol. The van der Waals surface area contributed by atoms with E-state index < -0.39 is 0 Å². The summed E-state index contributed by atoms with van der Waals surface area (Å²) in [7, 11) is 1.80. The molecule has 0 radical (unpaired) electrons. The Labute approximate surface area is 108 Å². The minimum atomic E-state index is 0.102. The van der Waals surface area contributed by atoms with E-state index in [1.807, 2.05) is 39.0 Å². The predicted molar refractivity (Wildman–Crippen MR) is 76.0 cm³/mol. The molecule has 0 aliphatic heterocycles. The van der Waals surface area contributed by atoms with Gasteiger partial charge in [0.25, 0.3) is 0 Å². The molecule has 0 unspecified atom stereocenters. The largest absolute Gasteiger partial charge is 0.388 e. The minimum Gasteiger partial charge on any atom is -0.388 e. The van der Waals surface area contributed by atoms with Gasteiger partial charge in [-0.25, -0.2) is 0 Å². The third-order valence-corrected chi connectivity index (χ3v) is 2.94. The van der Waals surface area contributed by atoms with Crippen LogP contribution in [0, 0.1) is 5.41 Å². The first-order chi connectivity index (χ1) is 8.52. The molecule has 96 valence electrons. The van der Waals surface area contributed by atoms with Crippen LogP contribution in [0.4, 0.5) is 5.69 Å². The van der Waals surface area contributed by atoms with Crippen molar-refractivity contribution in [1.29, 1.82) is 5.41 Å². The number of amides is 1. The van der Waals surface area contributed by atoms with Crippen molar-refractivity contribution in [3.63, 3.8) is 0 Å². The molecule has 1 aromatic rings. The van der Waals surface area contributed by atoms with E-state index in [0.29, 0.717) is 12.0 Å². The van der Waals surface area contributed by atoms with Crippen LogP contribution in [0.3, 0.4) is 0 Å². The van der Waals surface area contributed by atoms with Crippen molar-refractivity contribution in [3.8, 4) is 0 Å². The average molecular weight is 245 g/mol. The molecule has 1 amide bonds. The average Bonchev–Trinajstić information content (AvgIpc) is 2.36. The van der Waals surface area contributed by atoms with Crippen LogP contribution < -0.4 is 10.6 Å². The Morgan fingerprint density at radius 1 is 1.28 bits per heavy atom. The third-order valence-electron chi connectivity index (χ3n) is 2.94. The van der Waals surface area contributed by atoms with Crippen LogP contribution in [-0.2, 0) is 4.79 Å². The number of hydrogen-bond donors (Lipinski definition) is 3. The Morgan fingerprint density at radius 2 is 1.94 bits per heavy atom. The number of amidine groups is 1. The van der Waals surface area contributed by atoms with E-state index in [0.717, 1.165) is 16.8 Å².